The summed E-state index contributed by atoms with van der Waals surface area (Å²) in [4.78, 5) is 15.5. The van der Waals surface area contributed by atoms with Crippen LogP contribution in [0, 0.1) is 13.0 Å². The van der Waals surface area contributed by atoms with Crippen molar-refractivity contribution in [2.45, 2.75) is 0 Å². The minimum atomic E-state index is -0.317. The first kappa shape index (κ1) is 26.6. The van der Waals surface area contributed by atoms with Crippen molar-refractivity contribution in [3.63, 3.8) is 0 Å². The predicted octanol–water partition coefficient (Wildman–Crippen LogP) is 4.68. The Balaban J connectivity index is 0.00000324. The molecule has 180 valence electrons. The number of nitrogens with one attached hydrogen (secondary N) is 2. The Morgan fingerprint density at radius 1 is 1.09 bits per heavy atom. The van der Waals surface area contributed by atoms with Gasteiger partial charge in [0.15, 0.2) is 0 Å². The van der Waals surface area contributed by atoms with Crippen molar-refractivity contribution >= 4 is 87.3 Å². The molecule has 2 heterocycles. The number of nitrogens with zero attached hydrogens (tertiary/aromatic N) is 5. The van der Waals surface area contributed by atoms with Crippen LogP contribution >= 0.6 is 57.6 Å². The summed E-state index contributed by atoms with van der Waals surface area (Å²) >= 11 is 4.48. The van der Waals surface area contributed by atoms with Crippen molar-refractivity contribution in [2.24, 2.45) is 5.10 Å². The zero-order valence-corrected chi connectivity index (χ0v) is 23.1. The van der Waals surface area contributed by atoms with Gasteiger partial charge in [0.25, 0.3) is 0 Å². The summed E-state index contributed by atoms with van der Waals surface area (Å²) in [7, 11) is 1.63. The number of aromatic nitrogens is 3. The monoisotopic (exact) mass is 711 g/mol. The molecule has 1 fully saturated rings. The summed E-state index contributed by atoms with van der Waals surface area (Å²) < 4.78 is 26.2. The Bertz CT molecular complexity index is 1150. The number of anilines is 4. The van der Waals surface area contributed by atoms with Crippen molar-refractivity contribution in [1.82, 2.24) is 15.0 Å². The molecule has 0 radical (unpaired) electrons. The lowest BCUT2D eigenvalue weighted by molar-refractivity contribution is 0.122. The predicted molar refractivity (Wildman–Crippen MR) is 149 cm³/mol. The number of hydrazone groups is 1. The van der Waals surface area contributed by atoms with E-state index in [-0.39, 0.29) is 24.2 Å². The summed E-state index contributed by atoms with van der Waals surface area (Å²) in [6.07, 6.45) is 1.66. The summed E-state index contributed by atoms with van der Waals surface area (Å²) in [5, 5.41) is 7.41. The van der Waals surface area contributed by atoms with E-state index in [0.717, 1.165) is 18.5 Å². The lowest BCUT2D eigenvalue weighted by Crippen LogP contribution is -2.37. The van der Waals surface area contributed by atoms with Crippen molar-refractivity contribution in [2.75, 3.05) is 49.1 Å². The van der Waals surface area contributed by atoms with Crippen LogP contribution in [0.5, 0.6) is 5.75 Å². The fraction of sp³-hybridized carbons (Fsp3) is 0.238. The highest BCUT2D eigenvalue weighted by Gasteiger charge is 2.17. The van der Waals surface area contributed by atoms with Gasteiger partial charge >= 0.3 is 0 Å². The fourth-order valence-electron chi connectivity index (χ4n) is 3.09. The largest absolute Gasteiger partial charge is 0.495 e. The molecule has 9 nitrogen and oxygen atoms in total. The average molecular weight is 712 g/mol. The average Bonchev–Trinajstić information content (AvgIpc) is 2.81. The van der Waals surface area contributed by atoms with Crippen molar-refractivity contribution in [1.29, 1.82) is 0 Å². The molecule has 1 saturated heterocycles. The summed E-state index contributed by atoms with van der Waals surface area (Å²) in [6, 6.07) is 9.96. The van der Waals surface area contributed by atoms with Crippen LogP contribution in [0.3, 0.4) is 0 Å². The SMILES string of the molecule is COc1c(I)cc(I)cc1/C=N/Nc1nc(Nc2ccc(F)cc2)nc(N2CCOCC2)n1.Cl. The van der Waals surface area contributed by atoms with Gasteiger partial charge in [0.1, 0.15) is 11.6 Å². The van der Waals surface area contributed by atoms with Crippen LogP contribution < -0.4 is 20.4 Å². The molecule has 0 spiro atoms. The van der Waals surface area contributed by atoms with Gasteiger partial charge in [-0.2, -0.15) is 20.1 Å². The van der Waals surface area contributed by atoms with Gasteiger partial charge in [0.05, 0.1) is 30.1 Å². The van der Waals surface area contributed by atoms with Gasteiger partial charge < -0.3 is 19.7 Å². The third kappa shape index (κ3) is 6.99. The summed E-state index contributed by atoms with van der Waals surface area (Å²) in [5.41, 5.74) is 4.37. The molecule has 3 aromatic rings. The summed E-state index contributed by atoms with van der Waals surface area (Å²) in [6.45, 7) is 2.53. The van der Waals surface area contributed by atoms with Gasteiger partial charge in [0, 0.05) is 27.9 Å². The van der Waals surface area contributed by atoms with E-state index < -0.39 is 0 Å². The van der Waals surface area contributed by atoms with Gasteiger partial charge in [0.2, 0.25) is 17.8 Å². The second-order valence-corrected chi connectivity index (χ2v) is 9.30. The third-order valence-corrected chi connectivity index (χ3v) is 6.05. The maximum atomic E-state index is 13.3. The molecule has 4 rings (SSSR count). The van der Waals surface area contributed by atoms with Crippen LogP contribution in [0.25, 0.3) is 0 Å². The van der Waals surface area contributed by atoms with E-state index in [1.807, 2.05) is 17.0 Å². The lowest BCUT2D eigenvalue weighted by Gasteiger charge is -2.27. The van der Waals surface area contributed by atoms with E-state index in [1.54, 1.807) is 25.5 Å². The number of rotatable bonds is 7. The molecule has 0 unspecified atom stereocenters. The van der Waals surface area contributed by atoms with E-state index in [9.17, 15) is 4.39 Å². The van der Waals surface area contributed by atoms with Crippen LogP contribution in [0.15, 0.2) is 41.5 Å². The molecule has 1 aliphatic heterocycles. The van der Waals surface area contributed by atoms with E-state index in [1.165, 1.54) is 12.1 Å². The Labute approximate surface area is 229 Å². The van der Waals surface area contributed by atoms with E-state index in [2.05, 4.69) is 76.0 Å². The second kappa shape index (κ2) is 12.6. The van der Waals surface area contributed by atoms with E-state index >= 15 is 0 Å². The Morgan fingerprint density at radius 3 is 2.50 bits per heavy atom. The van der Waals surface area contributed by atoms with Crippen LogP contribution in [0.4, 0.5) is 27.9 Å². The molecule has 0 aliphatic carbocycles. The molecule has 1 aromatic heterocycles. The lowest BCUT2D eigenvalue weighted by atomic mass is 10.2. The van der Waals surface area contributed by atoms with Crippen LogP contribution in [-0.4, -0.2) is 54.6 Å². The zero-order chi connectivity index (χ0) is 23.2. The van der Waals surface area contributed by atoms with Gasteiger partial charge in [-0.05, 0) is 81.6 Å². The van der Waals surface area contributed by atoms with Gasteiger partial charge in [-0.25, -0.2) is 9.82 Å². The number of methoxy groups -OCH3 is 1. The fourth-order valence-corrected chi connectivity index (χ4v) is 5.20. The highest BCUT2D eigenvalue weighted by molar-refractivity contribution is 14.1. The minimum absolute atomic E-state index is 0. The van der Waals surface area contributed by atoms with Gasteiger partial charge in [-0.1, -0.05) is 0 Å². The van der Waals surface area contributed by atoms with Crippen molar-refractivity contribution in [3.8, 4) is 5.75 Å². The molecule has 2 aromatic carbocycles. The Hall–Kier alpha value is -2.04. The first-order valence-corrected chi connectivity index (χ1v) is 12.1. The van der Waals surface area contributed by atoms with Gasteiger partial charge in [-0.3, -0.25) is 0 Å². The highest BCUT2D eigenvalue weighted by Crippen LogP contribution is 2.27. The molecular formula is C21H21ClFI2N7O2. The first-order chi connectivity index (χ1) is 16.0. The Morgan fingerprint density at radius 2 is 1.79 bits per heavy atom. The van der Waals surface area contributed by atoms with E-state index in [0.29, 0.717) is 43.9 Å². The quantitative estimate of drug-likeness (QED) is 0.208. The van der Waals surface area contributed by atoms with Gasteiger partial charge in [-0.15, -0.1) is 12.4 Å². The Kier molecular flexibility index (Phi) is 9.85. The first-order valence-electron chi connectivity index (χ1n) is 9.95. The molecule has 2 N–H and O–H groups in total. The molecule has 0 saturated carbocycles. The smallest absolute Gasteiger partial charge is 0.250 e. The number of benzene rings is 2. The zero-order valence-electron chi connectivity index (χ0n) is 18.0. The van der Waals surface area contributed by atoms with Crippen LogP contribution in [0.1, 0.15) is 5.56 Å². The van der Waals surface area contributed by atoms with Crippen molar-refractivity contribution in [3.05, 3.63) is 54.9 Å². The standard InChI is InChI=1S/C21H20FI2N7O2.ClH/c1-32-18-13(10-15(23)11-17(18)24)12-25-30-20-27-19(26-16-4-2-14(22)3-5-16)28-21(29-20)31-6-8-33-9-7-31;/h2-5,10-12H,6-9H2,1H3,(H2,26,27,28,29,30);1H/b25-12+;. The number of halogens is 4. The molecule has 0 amide bonds. The number of hydrogen-bond acceptors (Lipinski definition) is 9. The number of morpholine rings is 1. The maximum absolute atomic E-state index is 13.3. The molecule has 0 bridgehead atoms. The second-order valence-electron chi connectivity index (χ2n) is 6.89. The number of ether oxygens (including phenoxy) is 2. The maximum Gasteiger partial charge on any atom is 0.250 e. The van der Waals surface area contributed by atoms with Crippen molar-refractivity contribution < 1.29 is 13.9 Å². The number of hydrogen-bond donors (Lipinski definition) is 2. The summed E-state index contributed by atoms with van der Waals surface area (Å²) in [5.74, 6) is 1.51. The third-order valence-electron chi connectivity index (χ3n) is 4.63. The van der Waals surface area contributed by atoms with E-state index in [4.69, 9.17) is 9.47 Å². The molecule has 1 aliphatic rings. The molecule has 13 heteroatoms. The topological polar surface area (TPSA) is 96.8 Å². The van der Waals surface area contributed by atoms with Crippen LogP contribution in [-0.2, 0) is 4.74 Å². The van der Waals surface area contributed by atoms with Crippen LogP contribution in [0.2, 0.25) is 0 Å². The molecule has 34 heavy (non-hydrogen) atoms. The highest BCUT2D eigenvalue weighted by atomic mass is 127. The molecule has 0 atom stereocenters. The normalized spacial score (nSPS) is 13.5. The molecular weight excluding hydrogens is 691 g/mol. The minimum Gasteiger partial charge on any atom is -0.495 e.